The van der Waals surface area contributed by atoms with Gasteiger partial charge in [0, 0.05) is 17.9 Å². The summed E-state index contributed by atoms with van der Waals surface area (Å²) < 4.78 is 10.7. The molecule has 114 valence electrons. The molecule has 0 radical (unpaired) electrons. The number of hydrogen-bond acceptors (Lipinski definition) is 5. The van der Waals surface area contributed by atoms with Gasteiger partial charge in [-0.1, -0.05) is 27.7 Å². The normalized spacial score (nSPS) is 12.9. The average molecular weight is 299 g/mol. The topological polar surface area (TPSA) is 48.4 Å². The number of carbonyl (C=O) groups is 1. The van der Waals surface area contributed by atoms with Gasteiger partial charge in [-0.25, -0.2) is 9.78 Å². The second-order valence-electron chi connectivity index (χ2n) is 5.64. The van der Waals surface area contributed by atoms with E-state index in [0.717, 1.165) is 17.1 Å². The minimum atomic E-state index is -0.517. The van der Waals surface area contributed by atoms with E-state index in [9.17, 15) is 4.79 Å². The Morgan fingerprint density at radius 1 is 1.30 bits per heavy atom. The summed E-state index contributed by atoms with van der Waals surface area (Å²) >= 11 is 1.60. The molecule has 1 rings (SSSR count). The Morgan fingerprint density at radius 3 is 2.55 bits per heavy atom. The van der Waals surface area contributed by atoms with Gasteiger partial charge in [0.15, 0.2) is 6.10 Å². The number of thiazole rings is 1. The monoisotopic (exact) mass is 299 g/mol. The van der Waals surface area contributed by atoms with Crippen molar-refractivity contribution >= 4 is 17.3 Å². The van der Waals surface area contributed by atoms with E-state index in [4.69, 9.17) is 9.47 Å². The molecule has 0 aliphatic heterocycles. The van der Waals surface area contributed by atoms with Crippen molar-refractivity contribution in [3.8, 4) is 0 Å². The van der Waals surface area contributed by atoms with Crippen molar-refractivity contribution in [3.63, 3.8) is 0 Å². The summed E-state index contributed by atoms with van der Waals surface area (Å²) in [6.07, 6.45) is 0.429. The summed E-state index contributed by atoms with van der Waals surface area (Å²) in [5, 5.41) is 3.00. The Labute approximate surface area is 125 Å². The largest absolute Gasteiger partial charge is 0.457 e. The first-order chi connectivity index (χ1) is 9.40. The minimum absolute atomic E-state index is 0.222. The van der Waals surface area contributed by atoms with Crippen LogP contribution in [-0.2, 0) is 20.9 Å². The maximum absolute atomic E-state index is 11.8. The lowest BCUT2D eigenvalue weighted by Crippen LogP contribution is -2.24. The van der Waals surface area contributed by atoms with Crippen LogP contribution in [0.3, 0.4) is 0 Å². The van der Waals surface area contributed by atoms with Gasteiger partial charge in [-0.05, 0) is 19.3 Å². The van der Waals surface area contributed by atoms with Crippen molar-refractivity contribution in [2.24, 2.45) is 5.92 Å². The maximum Gasteiger partial charge on any atom is 0.335 e. The van der Waals surface area contributed by atoms with E-state index in [1.54, 1.807) is 18.3 Å². The molecule has 0 fully saturated rings. The van der Waals surface area contributed by atoms with Gasteiger partial charge in [0.05, 0.1) is 10.7 Å². The highest BCUT2D eigenvalue weighted by Crippen LogP contribution is 2.19. The zero-order valence-corrected chi connectivity index (χ0v) is 13.8. The van der Waals surface area contributed by atoms with E-state index in [0.29, 0.717) is 18.4 Å². The third kappa shape index (κ3) is 6.01. The molecule has 4 nitrogen and oxygen atoms in total. The molecule has 1 unspecified atom stereocenters. The molecule has 0 aliphatic rings. The van der Waals surface area contributed by atoms with Gasteiger partial charge in [0.25, 0.3) is 0 Å². The molecule has 0 saturated heterocycles. The molecule has 0 saturated carbocycles. The van der Waals surface area contributed by atoms with Gasteiger partial charge in [-0.2, -0.15) is 0 Å². The van der Waals surface area contributed by atoms with Crippen molar-refractivity contribution < 1.29 is 14.3 Å². The predicted octanol–water partition coefficient (Wildman–Crippen LogP) is 3.76. The van der Waals surface area contributed by atoms with Gasteiger partial charge >= 0.3 is 5.97 Å². The van der Waals surface area contributed by atoms with E-state index in [2.05, 4.69) is 32.7 Å². The Kier molecular flexibility index (Phi) is 7.16. The van der Waals surface area contributed by atoms with Crippen LogP contribution in [0, 0.1) is 5.92 Å². The molecule has 0 aliphatic carbocycles. The van der Waals surface area contributed by atoms with Crippen LogP contribution < -0.4 is 0 Å². The second-order valence-corrected chi connectivity index (χ2v) is 6.52. The lowest BCUT2D eigenvalue weighted by Gasteiger charge is -2.13. The Balaban J connectivity index is 2.30. The average Bonchev–Trinajstić information content (AvgIpc) is 2.84. The van der Waals surface area contributed by atoms with E-state index in [-0.39, 0.29) is 12.6 Å². The predicted molar refractivity (Wildman–Crippen MR) is 80.9 cm³/mol. The third-order valence-electron chi connectivity index (χ3n) is 2.82. The standard InChI is InChI=1S/C15H25NO3S/c1-10(2)6-7-18-12(5)15(17)19-8-13-9-20-14(16-13)11(3)4/h9-12H,6-8H2,1-5H3. The lowest BCUT2D eigenvalue weighted by molar-refractivity contribution is -0.157. The van der Waals surface area contributed by atoms with Crippen LogP contribution in [0.5, 0.6) is 0 Å². The van der Waals surface area contributed by atoms with Gasteiger partial charge in [0.1, 0.15) is 6.61 Å². The summed E-state index contributed by atoms with van der Waals surface area (Å²) in [7, 11) is 0. The van der Waals surface area contributed by atoms with Crippen LogP contribution in [0.4, 0.5) is 0 Å². The quantitative estimate of drug-likeness (QED) is 0.686. The van der Waals surface area contributed by atoms with Crippen LogP contribution in [0.1, 0.15) is 57.7 Å². The highest BCUT2D eigenvalue weighted by molar-refractivity contribution is 7.09. The molecule has 0 N–H and O–H groups in total. The minimum Gasteiger partial charge on any atom is -0.457 e. The lowest BCUT2D eigenvalue weighted by atomic mass is 10.1. The Morgan fingerprint density at radius 2 is 2.00 bits per heavy atom. The molecule has 0 amide bonds. The smallest absolute Gasteiger partial charge is 0.335 e. The Hall–Kier alpha value is -0.940. The van der Waals surface area contributed by atoms with Crippen LogP contribution in [0.15, 0.2) is 5.38 Å². The van der Waals surface area contributed by atoms with Gasteiger partial charge in [0.2, 0.25) is 0 Å². The summed E-state index contributed by atoms with van der Waals surface area (Å²) in [5.41, 5.74) is 0.807. The molecule has 1 aromatic heterocycles. The van der Waals surface area contributed by atoms with Crippen molar-refractivity contribution in [1.82, 2.24) is 4.98 Å². The highest BCUT2D eigenvalue weighted by Gasteiger charge is 2.16. The van der Waals surface area contributed by atoms with Crippen LogP contribution in [0.2, 0.25) is 0 Å². The van der Waals surface area contributed by atoms with Crippen molar-refractivity contribution in [1.29, 1.82) is 0 Å². The number of hydrogen-bond donors (Lipinski definition) is 0. The fourth-order valence-electron chi connectivity index (χ4n) is 1.47. The second kappa shape index (κ2) is 8.37. The van der Waals surface area contributed by atoms with Gasteiger partial charge in [-0.15, -0.1) is 11.3 Å². The molecular formula is C15H25NO3S. The zero-order chi connectivity index (χ0) is 15.1. The Bertz CT molecular complexity index is 415. The van der Waals surface area contributed by atoms with Crippen LogP contribution in [0.25, 0.3) is 0 Å². The fourth-order valence-corrected chi connectivity index (χ4v) is 2.28. The molecule has 1 atom stereocenters. The summed E-state index contributed by atoms with van der Waals surface area (Å²) in [6, 6.07) is 0. The van der Waals surface area contributed by atoms with E-state index >= 15 is 0 Å². The first-order valence-corrected chi connectivity index (χ1v) is 8.00. The number of aromatic nitrogens is 1. The first-order valence-electron chi connectivity index (χ1n) is 7.12. The first kappa shape index (κ1) is 17.1. The molecule has 0 aromatic carbocycles. The van der Waals surface area contributed by atoms with Gasteiger partial charge in [-0.3, -0.25) is 0 Å². The number of carbonyl (C=O) groups excluding carboxylic acids is 1. The highest BCUT2D eigenvalue weighted by atomic mass is 32.1. The summed E-state index contributed by atoms with van der Waals surface area (Å²) in [6.45, 7) is 11.0. The van der Waals surface area contributed by atoms with E-state index < -0.39 is 6.10 Å². The molecule has 20 heavy (non-hydrogen) atoms. The summed E-state index contributed by atoms with van der Waals surface area (Å²) in [5.74, 6) is 0.651. The SMILES string of the molecule is CC(C)CCOC(C)C(=O)OCc1csc(C(C)C)n1. The zero-order valence-electron chi connectivity index (χ0n) is 13.0. The van der Waals surface area contributed by atoms with Crippen LogP contribution in [-0.4, -0.2) is 23.7 Å². The molecule has 1 heterocycles. The molecular weight excluding hydrogens is 274 g/mol. The van der Waals surface area contributed by atoms with Crippen molar-refractivity contribution in [2.75, 3.05) is 6.61 Å². The van der Waals surface area contributed by atoms with E-state index in [1.807, 2.05) is 5.38 Å². The molecule has 5 heteroatoms. The fraction of sp³-hybridized carbons (Fsp3) is 0.733. The number of ether oxygens (including phenoxy) is 2. The molecule has 0 bridgehead atoms. The molecule has 1 aromatic rings. The number of nitrogens with zero attached hydrogens (tertiary/aromatic N) is 1. The number of esters is 1. The third-order valence-corrected chi connectivity index (χ3v) is 4.01. The van der Waals surface area contributed by atoms with Crippen LogP contribution >= 0.6 is 11.3 Å². The number of rotatable bonds is 8. The van der Waals surface area contributed by atoms with Gasteiger partial charge < -0.3 is 9.47 Å². The maximum atomic E-state index is 11.8. The van der Waals surface area contributed by atoms with Crippen molar-refractivity contribution in [3.05, 3.63) is 16.1 Å². The molecule has 0 spiro atoms. The van der Waals surface area contributed by atoms with Crippen molar-refractivity contribution in [2.45, 2.75) is 59.7 Å². The van der Waals surface area contributed by atoms with E-state index in [1.165, 1.54) is 0 Å². The summed E-state index contributed by atoms with van der Waals surface area (Å²) in [4.78, 5) is 16.2.